The summed E-state index contributed by atoms with van der Waals surface area (Å²) in [6.07, 6.45) is 2.51. The largest absolute Gasteiger partial charge is 0.396 e. The van der Waals surface area contributed by atoms with Gasteiger partial charge >= 0.3 is 6.03 Å². The molecule has 144 valence electrons. The maximum atomic E-state index is 12.6. The van der Waals surface area contributed by atoms with Crippen molar-refractivity contribution in [1.82, 2.24) is 15.1 Å². The molecule has 1 atom stereocenters. The number of aliphatic hydroxyl groups excluding tert-OH is 1. The van der Waals surface area contributed by atoms with Crippen molar-refractivity contribution in [1.29, 1.82) is 0 Å². The Morgan fingerprint density at radius 2 is 2.08 bits per heavy atom. The first-order valence-corrected chi connectivity index (χ1v) is 9.51. The van der Waals surface area contributed by atoms with Gasteiger partial charge in [0.05, 0.1) is 0 Å². The molecule has 6 nitrogen and oxygen atoms in total. The van der Waals surface area contributed by atoms with Crippen LogP contribution in [0, 0.1) is 5.92 Å². The summed E-state index contributed by atoms with van der Waals surface area (Å²) in [6.45, 7) is 4.63. The van der Waals surface area contributed by atoms with Gasteiger partial charge < -0.3 is 20.2 Å². The minimum Gasteiger partial charge on any atom is -0.396 e. The first kappa shape index (κ1) is 20.5. The minimum atomic E-state index is -0.145. The number of hydrogen-bond acceptors (Lipinski definition) is 3. The van der Waals surface area contributed by atoms with Crippen molar-refractivity contribution in [2.45, 2.75) is 32.7 Å². The summed E-state index contributed by atoms with van der Waals surface area (Å²) in [4.78, 5) is 27.7. The molecular weight excluding hydrogens is 354 g/mol. The number of piperidine rings is 1. The lowest BCUT2D eigenvalue weighted by Gasteiger charge is -2.32. The topological polar surface area (TPSA) is 72.9 Å². The van der Waals surface area contributed by atoms with Crippen molar-refractivity contribution in [3.8, 4) is 0 Å². The number of halogens is 1. The van der Waals surface area contributed by atoms with Crippen LogP contribution >= 0.6 is 11.6 Å². The van der Waals surface area contributed by atoms with Gasteiger partial charge in [-0.2, -0.15) is 0 Å². The molecule has 3 amide bonds. The SMILES string of the molecule is CC(=O)N1CCCC(CNC(=O)N(CCCO)Cc2ccc(Cl)cc2)C1. The average molecular weight is 382 g/mol. The van der Waals surface area contributed by atoms with Crippen LogP contribution in [-0.4, -0.2) is 59.6 Å². The molecule has 1 unspecified atom stereocenters. The number of rotatable bonds is 7. The molecule has 0 spiro atoms. The van der Waals surface area contributed by atoms with Gasteiger partial charge in [0.15, 0.2) is 0 Å². The Morgan fingerprint density at radius 3 is 2.73 bits per heavy atom. The van der Waals surface area contributed by atoms with Crippen LogP contribution in [0.25, 0.3) is 0 Å². The molecule has 1 aromatic rings. The third-order valence-corrected chi connectivity index (χ3v) is 4.92. The number of nitrogens with one attached hydrogen (secondary N) is 1. The normalized spacial score (nSPS) is 17.0. The van der Waals surface area contributed by atoms with Gasteiger partial charge in [-0.15, -0.1) is 0 Å². The van der Waals surface area contributed by atoms with Gasteiger partial charge in [0.25, 0.3) is 0 Å². The van der Waals surface area contributed by atoms with Crippen LogP contribution in [0.2, 0.25) is 5.02 Å². The highest BCUT2D eigenvalue weighted by atomic mass is 35.5. The molecule has 1 aliphatic rings. The first-order valence-electron chi connectivity index (χ1n) is 9.13. The third kappa shape index (κ3) is 6.50. The summed E-state index contributed by atoms with van der Waals surface area (Å²) in [5.74, 6) is 0.375. The minimum absolute atomic E-state index is 0.0423. The smallest absolute Gasteiger partial charge is 0.317 e. The van der Waals surface area contributed by atoms with E-state index in [0.29, 0.717) is 37.6 Å². The van der Waals surface area contributed by atoms with E-state index in [1.54, 1.807) is 24.0 Å². The van der Waals surface area contributed by atoms with E-state index in [2.05, 4.69) is 5.32 Å². The van der Waals surface area contributed by atoms with Gasteiger partial charge in [0, 0.05) is 51.3 Å². The Bertz CT molecular complexity index is 594. The number of hydrogen-bond donors (Lipinski definition) is 2. The van der Waals surface area contributed by atoms with Gasteiger partial charge in [0.2, 0.25) is 5.91 Å². The number of amides is 3. The van der Waals surface area contributed by atoms with Crippen LogP contribution in [0.3, 0.4) is 0 Å². The second kappa shape index (κ2) is 10.4. The van der Waals surface area contributed by atoms with Crippen LogP contribution in [0.4, 0.5) is 4.79 Å². The molecule has 26 heavy (non-hydrogen) atoms. The van der Waals surface area contributed by atoms with Crippen LogP contribution < -0.4 is 5.32 Å². The van der Waals surface area contributed by atoms with Gasteiger partial charge in [-0.3, -0.25) is 4.79 Å². The van der Waals surface area contributed by atoms with E-state index in [-0.39, 0.29) is 24.5 Å². The zero-order valence-corrected chi connectivity index (χ0v) is 16.0. The number of aliphatic hydroxyl groups is 1. The van der Waals surface area contributed by atoms with Crippen molar-refractivity contribution in [2.24, 2.45) is 5.92 Å². The number of carbonyl (C=O) groups is 2. The molecule has 1 heterocycles. The average Bonchev–Trinajstić information content (AvgIpc) is 2.65. The zero-order chi connectivity index (χ0) is 18.9. The molecule has 2 N–H and O–H groups in total. The highest BCUT2D eigenvalue weighted by Crippen LogP contribution is 2.16. The lowest BCUT2D eigenvalue weighted by molar-refractivity contribution is -0.130. The summed E-state index contributed by atoms with van der Waals surface area (Å²) in [7, 11) is 0. The van der Waals surface area contributed by atoms with Crippen molar-refractivity contribution >= 4 is 23.5 Å². The standard InChI is InChI=1S/C19H28ClN3O3/c1-15(25)22-9-2-4-17(14-22)12-21-19(26)23(10-3-11-24)13-16-5-7-18(20)8-6-16/h5-8,17,24H,2-4,9-14H2,1H3,(H,21,26). The van der Waals surface area contributed by atoms with E-state index in [4.69, 9.17) is 16.7 Å². The molecule has 0 saturated carbocycles. The molecule has 2 rings (SSSR count). The second-order valence-corrected chi connectivity index (χ2v) is 7.22. The van der Waals surface area contributed by atoms with E-state index in [0.717, 1.165) is 24.9 Å². The van der Waals surface area contributed by atoms with E-state index < -0.39 is 0 Å². The van der Waals surface area contributed by atoms with E-state index in [1.165, 1.54) is 0 Å². The second-order valence-electron chi connectivity index (χ2n) is 6.78. The van der Waals surface area contributed by atoms with Crippen LogP contribution in [0.1, 0.15) is 31.7 Å². The molecule has 0 radical (unpaired) electrons. The molecule has 0 aromatic heterocycles. The maximum absolute atomic E-state index is 12.6. The maximum Gasteiger partial charge on any atom is 0.317 e. The Kier molecular flexibility index (Phi) is 8.19. The highest BCUT2D eigenvalue weighted by molar-refractivity contribution is 6.30. The Morgan fingerprint density at radius 1 is 1.35 bits per heavy atom. The van der Waals surface area contributed by atoms with Crippen molar-refractivity contribution in [3.63, 3.8) is 0 Å². The zero-order valence-electron chi connectivity index (χ0n) is 15.3. The predicted molar refractivity (Wildman–Crippen MR) is 102 cm³/mol. The quantitative estimate of drug-likeness (QED) is 0.762. The fraction of sp³-hybridized carbons (Fsp3) is 0.579. The first-order chi connectivity index (χ1) is 12.5. The van der Waals surface area contributed by atoms with Crippen LogP contribution in [0.5, 0.6) is 0 Å². The molecular formula is C19H28ClN3O3. The van der Waals surface area contributed by atoms with Crippen molar-refractivity contribution in [2.75, 3.05) is 32.8 Å². The number of benzene rings is 1. The van der Waals surface area contributed by atoms with E-state index in [9.17, 15) is 9.59 Å². The summed E-state index contributed by atoms with van der Waals surface area (Å²) < 4.78 is 0. The Labute approximate surface area is 160 Å². The summed E-state index contributed by atoms with van der Waals surface area (Å²) in [5.41, 5.74) is 0.989. The van der Waals surface area contributed by atoms with Gasteiger partial charge in [-0.1, -0.05) is 23.7 Å². The Balaban J connectivity index is 1.89. The Hall–Kier alpha value is -1.79. The molecule has 1 saturated heterocycles. The van der Waals surface area contributed by atoms with Crippen molar-refractivity contribution in [3.05, 3.63) is 34.9 Å². The fourth-order valence-electron chi connectivity index (χ4n) is 3.19. The lowest BCUT2D eigenvalue weighted by atomic mass is 9.98. The molecule has 1 aromatic carbocycles. The monoisotopic (exact) mass is 381 g/mol. The number of likely N-dealkylation sites (tertiary alicyclic amines) is 1. The predicted octanol–water partition coefficient (Wildman–Crippen LogP) is 2.49. The molecule has 1 fully saturated rings. The molecule has 0 aliphatic carbocycles. The van der Waals surface area contributed by atoms with Crippen LogP contribution in [-0.2, 0) is 11.3 Å². The number of nitrogens with zero attached hydrogens (tertiary/aromatic N) is 2. The van der Waals surface area contributed by atoms with Gasteiger partial charge in [-0.05, 0) is 42.9 Å². The highest BCUT2D eigenvalue weighted by Gasteiger charge is 2.23. The number of carbonyl (C=O) groups excluding carboxylic acids is 2. The summed E-state index contributed by atoms with van der Waals surface area (Å²) in [6, 6.07) is 7.25. The molecule has 7 heteroatoms. The molecule has 1 aliphatic heterocycles. The summed E-state index contributed by atoms with van der Waals surface area (Å²) >= 11 is 5.91. The van der Waals surface area contributed by atoms with E-state index >= 15 is 0 Å². The summed E-state index contributed by atoms with van der Waals surface area (Å²) in [5, 5.41) is 12.8. The number of urea groups is 1. The van der Waals surface area contributed by atoms with Crippen LogP contribution in [0.15, 0.2) is 24.3 Å². The fourth-order valence-corrected chi connectivity index (χ4v) is 3.31. The third-order valence-electron chi connectivity index (χ3n) is 4.67. The van der Waals surface area contributed by atoms with Gasteiger partial charge in [-0.25, -0.2) is 4.79 Å². The molecule has 0 bridgehead atoms. The van der Waals surface area contributed by atoms with E-state index in [1.807, 2.05) is 17.0 Å². The lowest BCUT2D eigenvalue weighted by Crippen LogP contribution is -2.46. The van der Waals surface area contributed by atoms with Crippen molar-refractivity contribution < 1.29 is 14.7 Å². The van der Waals surface area contributed by atoms with Gasteiger partial charge in [0.1, 0.15) is 0 Å².